The molecule has 0 bridgehead atoms. The number of nitrogens with one attached hydrogen (secondary N) is 1. The number of nitrogens with zero attached hydrogens (tertiary/aromatic N) is 2. The van der Waals surface area contributed by atoms with Gasteiger partial charge in [0.1, 0.15) is 5.01 Å². The largest absolute Gasteiger partial charge is 0.308 e. The number of hydrogen-bond donors (Lipinski definition) is 1. The van der Waals surface area contributed by atoms with E-state index in [9.17, 15) is 0 Å². The molecule has 4 heteroatoms. The summed E-state index contributed by atoms with van der Waals surface area (Å²) < 4.78 is 0. The Bertz CT molecular complexity index is 334. The van der Waals surface area contributed by atoms with Crippen molar-refractivity contribution in [3.05, 3.63) is 16.1 Å². The summed E-state index contributed by atoms with van der Waals surface area (Å²) in [7, 11) is 0. The monoisotopic (exact) mass is 269 g/mol. The third-order valence-corrected chi connectivity index (χ3v) is 3.61. The minimum atomic E-state index is 0.519. The summed E-state index contributed by atoms with van der Waals surface area (Å²) in [5, 5.41) is 6.80. The molecule has 1 heterocycles. The van der Waals surface area contributed by atoms with Gasteiger partial charge in [0.05, 0.1) is 5.69 Å². The molecule has 1 aromatic heterocycles. The van der Waals surface area contributed by atoms with E-state index < -0.39 is 0 Å². The Hall–Kier alpha value is -0.450. The van der Waals surface area contributed by atoms with Crippen molar-refractivity contribution in [1.82, 2.24) is 15.2 Å². The zero-order chi connectivity index (χ0) is 13.5. The Morgan fingerprint density at radius 3 is 2.61 bits per heavy atom. The van der Waals surface area contributed by atoms with Gasteiger partial charge in [-0.2, -0.15) is 0 Å². The Balaban J connectivity index is 2.46. The van der Waals surface area contributed by atoms with Crippen molar-refractivity contribution in [2.45, 2.75) is 53.8 Å². The molecule has 1 N–H and O–H groups in total. The number of thiazole rings is 1. The molecule has 0 unspecified atom stereocenters. The van der Waals surface area contributed by atoms with E-state index in [0.29, 0.717) is 12.0 Å². The van der Waals surface area contributed by atoms with Crippen LogP contribution in [0, 0.1) is 5.92 Å². The summed E-state index contributed by atoms with van der Waals surface area (Å²) in [5.74, 6) is 0.714. The topological polar surface area (TPSA) is 28.2 Å². The molecule has 0 aromatic carbocycles. The van der Waals surface area contributed by atoms with E-state index >= 15 is 0 Å². The molecule has 0 fully saturated rings. The first-order valence-electron chi connectivity index (χ1n) is 6.90. The van der Waals surface area contributed by atoms with E-state index in [1.54, 1.807) is 11.3 Å². The zero-order valence-electron chi connectivity index (χ0n) is 12.4. The maximum Gasteiger partial charge on any atom is 0.107 e. The molecule has 104 valence electrons. The van der Waals surface area contributed by atoms with E-state index in [0.717, 1.165) is 26.2 Å². The molecule has 1 rings (SSSR count). The lowest BCUT2D eigenvalue weighted by Crippen LogP contribution is -2.27. The molecule has 0 atom stereocenters. The zero-order valence-corrected chi connectivity index (χ0v) is 13.2. The molecule has 0 saturated carbocycles. The standard InChI is InChI=1S/C14H27N3S/c1-6-17(8-11(2)3)9-13-10-18-14(16-13)7-15-12(4)5/h10-12,15H,6-9H2,1-5H3. The summed E-state index contributed by atoms with van der Waals surface area (Å²) in [6, 6.07) is 0.519. The first-order chi connectivity index (χ1) is 8.51. The highest BCUT2D eigenvalue weighted by Gasteiger charge is 2.09. The van der Waals surface area contributed by atoms with Crippen molar-refractivity contribution in [1.29, 1.82) is 0 Å². The van der Waals surface area contributed by atoms with Gasteiger partial charge in [0.2, 0.25) is 0 Å². The van der Waals surface area contributed by atoms with Crippen LogP contribution in [0.3, 0.4) is 0 Å². The lowest BCUT2D eigenvalue weighted by Gasteiger charge is -2.21. The Morgan fingerprint density at radius 1 is 1.33 bits per heavy atom. The van der Waals surface area contributed by atoms with E-state index in [-0.39, 0.29) is 0 Å². The highest BCUT2D eigenvalue weighted by atomic mass is 32.1. The first kappa shape index (κ1) is 15.6. The van der Waals surface area contributed by atoms with Gasteiger partial charge in [-0.05, 0) is 12.5 Å². The van der Waals surface area contributed by atoms with Crippen molar-refractivity contribution >= 4 is 11.3 Å². The van der Waals surface area contributed by atoms with Crippen LogP contribution in [-0.4, -0.2) is 29.0 Å². The molecule has 0 saturated heterocycles. The molecule has 0 radical (unpaired) electrons. The van der Waals surface area contributed by atoms with Crippen molar-refractivity contribution in [3.63, 3.8) is 0 Å². The number of rotatable bonds is 8. The summed E-state index contributed by atoms with van der Waals surface area (Å²) in [4.78, 5) is 7.15. The molecule has 3 nitrogen and oxygen atoms in total. The van der Waals surface area contributed by atoms with Crippen LogP contribution in [0.25, 0.3) is 0 Å². The third-order valence-electron chi connectivity index (χ3n) is 2.72. The highest BCUT2D eigenvalue weighted by Crippen LogP contribution is 2.12. The van der Waals surface area contributed by atoms with Crippen LogP contribution >= 0.6 is 11.3 Å². The summed E-state index contributed by atoms with van der Waals surface area (Å²) in [6.45, 7) is 15.2. The third kappa shape index (κ3) is 5.94. The van der Waals surface area contributed by atoms with Crippen LogP contribution in [0.2, 0.25) is 0 Å². The number of hydrogen-bond acceptors (Lipinski definition) is 4. The van der Waals surface area contributed by atoms with E-state index in [1.807, 2.05) is 0 Å². The maximum atomic E-state index is 4.69. The van der Waals surface area contributed by atoms with Crippen molar-refractivity contribution in [2.75, 3.05) is 13.1 Å². The van der Waals surface area contributed by atoms with Crippen molar-refractivity contribution in [3.8, 4) is 0 Å². The SMILES string of the molecule is CCN(Cc1csc(CNC(C)C)n1)CC(C)C. The fourth-order valence-corrected chi connectivity index (χ4v) is 2.58. The predicted octanol–water partition coefficient (Wildman–Crippen LogP) is 3.12. The van der Waals surface area contributed by atoms with Gasteiger partial charge in [-0.3, -0.25) is 4.90 Å². The van der Waals surface area contributed by atoms with Gasteiger partial charge in [-0.25, -0.2) is 4.98 Å². The average molecular weight is 269 g/mol. The molecule has 0 amide bonds. The Labute approximate surface area is 116 Å². The molecule has 0 aliphatic heterocycles. The molecule has 1 aromatic rings. The van der Waals surface area contributed by atoms with Gasteiger partial charge in [0.25, 0.3) is 0 Å². The van der Waals surface area contributed by atoms with Crippen LogP contribution in [0.4, 0.5) is 0 Å². The molecule has 0 aliphatic rings. The fourth-order valence-electron chi connectivity index (χ4n) is 1.85. The maximum absolute atomic E-state index is 4.69. The summed E-state index contributed by atoms with van der Waals surface area (Å²) >= 11 is 1.76. The van der Waals surface area contributed by atoms with Gasteiger partial charge >= 0.3 is 0 Å². The van der Waals surface area contributed by atoms with Gasteiger partial charge < -0.3 is 5.32 Å². The van der Waals surface area contributed by atoms with Crippen molar-refractivity contribution < 1.29 is 0 Å². The van der Waals surface area contributed by atoms with Crippen LogP contribution < -0.4 is 5.32 Å². The Kier molecular flexibility index (Phi) is 6.82. The molecule has 0 aliphatic carbocycles. The van der Waals surface area contributed by atoms with Gasteiger partial charge in [0, 0.05) is 31.1 Å². The van der Waals surface area contributed by atoms with Gasteiger partial charge in [-0.1, -0.05) is 34.6 Å². The lowest BCUT2D eigenvalue weighted by molar-refractivity contribution is 0.246. The van der Waals surface area contributed by atoms with E-state index in [4.69, 9.17) is 4.98 Å². The average Bonchev–Trinajstić information content (AvgIpc) is 2.72. The van der Waals surface area contributed by atoms with Crippen LogP contribution in [0.15, 0.2) is 5.38 Å². The normalized spacial score (nSPS) is 12.0. The number of aromatic nitrogens is 1. The molecule has 0 spiro atoms. The van der Waals surface area contributed by atoms with E-state index in [1.165, 1.54) is 10.7 Å². The quantitative estimate of drug-likeness (QED) is 0.786. The van der Waals surface area contributed by atoms with Crippen LogP contribution in [-0.2, 0) is 13.1 Å². The predicted molar refractivity (Wildman–Crippen MR) is 79.9 cm³/mol. The van der Waals surface area contributed by atoms with E-state index in [2.05, 4.69) is 50.2 Å². The smallest absolute Gasteiger partial charge is 0.107 e. The minimum Gasteiger partial charge on any atom is -0.308 e. The minimum absolute atomic E-state index is 0.519. The summed E-state index contributed by atoms with van der Waals surface area (Å²) in [6.07, 6.45) is 0. The van der Waals surface area contributed by atoms with Crippen LogP contribution in [0.5, 0.6) is 0 Å². The highest BCUT2D eigenvalue weighted by molar-refractivity contribution is 7.09. The van der Waals surface area contributed by atoms with Crippen molar-refractivity contribution in [2.24, 2.45) is 5.92 Å². The summed E-state index contributed by atoms with van der Waals surface area (Å²) in [5.41, 5.74) is 1.21. The second kappa shape index (κ2) is 7.87. The lowest BCUT2D eigenvalue weighted by atomic mass is 10.2. The second-order valence-corrected chi connectivity index (χ2v) is 6.43. The molecule has 18 heavy (non-hydrogen) atoms. The van der Waals surface area contributed by atoms with Gasteiger partial charge in [-0.15, -0.1) is 11.3 Å². The molecular weight excluding hydrogens is 242 g/mol. The van der Waals surface area contributed by atoms with Crippen LogP contribution in [0.1, 0.15) is 45.3 Å². The second-order valence-electron chi connectivity index (χ2n) is 5.49. The Morgan fingerprint density at radius 2 is 2.06 bits per heavy atom. The van der Waals surface area contributed by atoms with Gasteiger partial charge in [0.15, 0.2) is 0 Å². The molecular formula is C14H27N3S. The fraction of sp³-hybridized carbons (Fsp3) is 0.786. The first-order valence-corrected chi connectivity index (χ1v) is 7.78.